The van der Waals surface area contributed by atoms with E-state index in [0.29, 0.717) is 11.8 Å². The van der Waals surface area contributed by atoms with Crippen LogP contribution in [0, 0.1) is 5.92 Å². The number of hydrogen-bond donors (Lipinski definition) is 1. The molecule has 0 bridgehead atoms. The molecule has 0 atom stereocenters. The number of rotatable bonds is 5. The van der Waals surface area contributed by atoms with Crippen molar-refractivity contribution in [3.8, 4) is 22.6 Å². The van der Waals surface area contributed by atoms with E-state index in [4.69, 9.17) is 4.98 Å². The van der Waals surface area contributed by atoms with Crippen molar-refractivity contribution in [3.63, 3.8) is 0 Å². The summed E-state index contributed by atoms with van der Waals surface area (Å²) < 4.78 is 2.15. The van der Waals surface area contributed by atoms with Gasteiger partial charge < -0.3 is 9.55 Å². The second kappa shape index (κ2) is 5.69. The number of aromatic amines is 1. The molecule has 4 nitrogen and oxygen atoms in total. The second-order valence-corrected chi connectivity index (χ2v) is 6.84. The molecule has 0 saturated heterocycles. The van der Waals surface area contributed by atoms with Crippen LogP contribution in [-0.2, 0) is 6.54 Å². The maximum atomic E-state index is 4.88. The van der Waals surface area contributed by atoms with E-state index in [1.165, 1.54) is 18.4 Å². The largest absolute Gasteiger partial charge is 0.341 e. The van der Waals surface area contributed by atoms with Crippen LogP contribution in [-0.4, -0.2) is 19.5 Å². The Morgan fingerprint density at radius 3 is 2.70 bits per heavy atom. The highest BCUT2D eigenvalue weighted by molar-refractivity contribution is 5.76. The van der Waals surface area contributed by atoms with Crippen molar-refractivity contribution in [2.45, 2.75) is 39.2 Å². The standard InChI is InChI=1S/C19H22N4/c1-13(2)10-23-11-16(20-12-23)18-17(14-6-4-3-5-7-14)21-19(22-18)15-8-9-15/h3-7,11-13,15H,8-10H2,1-2H3,(H,21,22). The lowest BCUT2D eigenvalue weighted by Crippen LogP contribution is -2.01. The van der Waals surface area contributed by atoms with Crippen LogP contribution in [0.1, 0.15) is 38.4 Å². The molecule has 4 rings (SSSR count). The van der Waals surface area contributed by atoms with Crippen LogP contribution in [0.4, 0.5) is 0 Å². The van der Waals surface area contributed by atoms with Gasteiger partial charge >= 0.3 is 0 Å². The van der Waals surface area contributed by atoms with E-state index in [1.807, 2.05) is 12.4 Å². The molecule has 1 aliphatic rings. The van der Waals surface area contributed by atoms with E-state index in [-0.39, 0.29) is 0 Å². The molecule has 1 N–H and O–H groups in total. The van der Waals surface area contributed by atoms with E-state index in [9.17, 15) is 0 Å². The van der Waals surface area contributed by atoms with Crippen LogP contribution in [0.15, 0.2) is 42.9 Å². The Morgan fingerprint density at radius 1 is 1.22 bits per heavy atom. The van der Waals surface area contributed by atoms with Crippen molar-refractivity contribution >= 4 is 0 Å². The minimum atomic E-state index is 0.601. The summed E-state index contributed by atoms with van der Waals surface area (Å²) >= 11 is 0. The molecule has 1 aromatic carbocycles. The predicted molar refractivity (Wildman–Crippen MR) is 92.1 cm³/mol. The maximum Gasteiger partial charge on any atom is 0.116 e. The van der Waals surface area contributed by atoms with Gasteiger partial charge in [0.05, 0.1) is 12.0 Å². The van der Waals surface area contributed by atoms with E-state index in [0.717, 1.165) is 29.5 Å². The zero-order chi connectivity index (χ0) is 15.8. The number of benzene rings is 1. The molecule has 0 amide bonds. The Labute approximate surface area is 136 Å². The average Bonchev–Trinajstić information content (AvgIpc) is 3.14. The molecule has 2 heterocycles. The lowest BCUT2D eigenvalue weighted by molar-refractivity contribution is 0.523. The van der Waals surface area contributed by atoms with Gasteiger partial charge in [0.2, 0.25) is 0 Å². The van der Waals surface area contributed by atoms with E-state index in [2.05, 4.69) is 58.8 Å². The fraction of sp³-hybridized carbons (Fsp3) is 0.368. The predicted octanol–water partition coefficient (Wildman–Crippen LogP) is 4.47. The average molecular weight is 306 g/mol. The summed E-state index contributed by atoms with van der Waals surface area (Å²) in [6, 6.07) is 10.4. The highest BCUT2D eigenvalue weighted by Crippen LogP contribution is 2.41. The quantitative estimate of drug-likeness (QED) is 0.755. The number of imidazole rings is 2. The van der Waals surface area contributed by atoms with Crippen molar-refractivity contribution < 1.29 is 0 Å². The van der Waals surface area contributed by atoms with Gasteiger partial charge in [-0.2, -0.15) is 0 Å². The molecular formula is C19H22N4. The molecule has 1 fully saturated rings. The molecule has 4 heteroatoms. The Morgan fingerprint density at radius 2 is 2.00 bits per heavy atom. The van der Waals surface area contributed by atoms with Gasteiger partial charge in [0.1, 0.15) is 17.2 Å². The number of nitrogens with one attached hydrogen (secondary N) is 1. The molecule has 0 radical (unpaired) electrons. The van der Waals surface area contributed by atoms with Crippen molar-refractivity contribution in [2.75, 3.05) is 0 Å². The number of aromatic nitrogens is 4. The van der Waals surface area contributed by atoms with Crippen molar-refractivity contribution in [1.29, 1.82) is 0 Å². The van der Waals surface area contributed by atoms with Gasteiger partial charge in [-0.05, 0) is 18.8 Å². The third-order valence-corrected chi connectivity index (χ3v) is 4.20. The van der Waals surface area contributed by atoms with Gasteiger partial charge in [-0.15, -0.1) is 0 Å². The second-order valence-electron chi connectivity index (χ2n) is 6.84. The van der Waals surface area contributed by atoms with Gasteiger partial charge in [0, 0.05) is 24.2 Å². The Kier molecular flexibility index (Phi) is 3.52. The molecule has 1 saturated carbocycles. The zero-order valence-electron chi connectivity index (χ0n) is 13.7. The summed E-state index contributed by atoms with van der Waals surface area (Å²) in [5, 5.41) is 0. The highest BCUT2D eigenvalue weighted by Gasteiger charge is 2.29. The van der Waals surface area contributed by atoms with Crippen molar-refractivity contribution in [3.05, 3.63) is 48.7 Å². The Balaban J connectivity index is 1.76. The molecule has 2 aromatic heterocycles. The summed E-state index contributed by atoms with van der Waals surface area (Å²) in [5.41, 5.74) is 4.18. The Bertz CT molecular complexity index is 794. The molecule has 1 aliphatic carbocycles. The molecule has 0 spiro atoms. The minimum absolute atomic E-state index is 0.601. The zero-order valence-corrected chi connectivity index (χ0v) is 13.7. The normalized spacial score (nSPS) is 14.6. The smallest absolute Gasteiger partial charge is 0.116 e. The summed E-state index contributed by atoms with van der Waals surface area (Å²) in [6.07, 6.45) is 6.50. The minimum Gasteiger partial charge on any atom is -0.341 e. The fourth-order valence-electron chi connectivity index (χ4n) is 2.94. The maximum absolute atomic E-state index is 4.88. The molecule has 0 unspecified atom stereocenters. The van der Waals surface area contributed by atoms with Crippen LogP contribution in [0.3, 0.4) is 0 Å². The van der Waals surface area contributed by atoms with E-state index >= 15 is 0 Å². The van der Waals surface area contributed by atoms with E-state index < -0.39 is 0 Å². The van der Waals surface area contributed by atoms with Crippen molar-refractivity contribution in [1.82, 2.24) is 19.5 Å². The molecule has 0 aliphatic heterocycles. The fourth-order valence-corrected chi connectivity index (χ4v) is 2.94. The van der Waals surface area contributed by atoms with Crippen LogP contribution < -0.4 is 0 Å². The molecule has 3 aromatic rings. The summed E-state index contributed by atoms with van der Waals surface area (Å²) in [4.78, 5) is 13.0. The van der Waals surface area contributed by atoms with Crippen LogP contribution in [0.2, 0.25) is 0 Å². The number of nitrogens with zero attached hydrogens (tertiary/aromatic N) is 3. The summed E-state index contributed by atoms with van der Waals surface area (Å²) in [6.45, 7) is 5.41. The van der Waals surface area contributed by atoms with Gasteiger partial charge in [-0.1, -0.05) is 44.2 Å². The lowest BCUT2D eigenvalue weighted by Gasteiger charge is -2.04. The van der Waals surface area contributed by atoms with Gasteiger partial charge in [0.15, 0.2) is 0 Å². The van der Waals surface area contributed by atoms with Crippen molar-refractivity contribution in [2.24, 2.45) is 5.92 Å². The summed E-state index contributed by atoms with van der Waals surface area (Å²) in [7, 11) is 0. The monoisotopic (exact) mass is 306 g/mol. The van der Waals surface area contributed by atoms with Gasteiger partial charge in [-0.3, -0.25) is 0 Å². The van der Waals surface area contributed by atoms with Gasteiger partial charge in [-0.25, -0.2) is 9.97 Å². The SMILES string of the molecule is CC(C)Cn1cnc(-c2nc(C3CC3)[nH]c2-c2ccccc2)c1. The van der Waals surface area contributed by atoms with Crippen LogP contribution in [0.5, 0.6) is 0 Å². The van der Waals surface area contributed by atoms with Crippen LogP contribution >= 0.6 is 0 Å². The first-order valence-corrected chi connectivity index (χ1v) is 8.38. The first kappa shape index (κ1) is 14.2. The van der Waals surface area contributed by atoms with Crippen LogP contribution in [0.25, 0.3) is 22.6 Å². The topological polar surface area (TPSA) is 46.5 Å². The van der Waals surface area contributed by atoms with Gasteiger partial charge in [0.25, 0.3) is 0 Å². The first-order valence-electron chi connectivity index (χ1n) is 8.38. The molecule has 118 valence electrons. The lowest BCUT2D eigenvalue weighted by atomic mass is 10.1. The first-order chi connectivity index (χ1) is 11.2. The Hall–Kier alpha value is -2.36. The molecule has 23 heavy (non-hydrogen) atoms. The number of H-pyrrole nitrogens is 1. The third-order valence-electron chi connectivity index (χ3n) is 4.20. The molecular weight excluding hydrogens is 284 g/mol. The van der Waals surface area contributed by atoms with E-state index in [1.54, 1.807) is 0 Å². The number of hydrogen-bond acceptors (Lipinski definition) is 2. The highest BCUT2D eigenvalue weighted by atomic mass is 15.1. The summed E-state index contributed by atoms with van der Waals surface area (Å²) in [5.74, 6) is 2.31. The third kappa shape index (κ3) is 2.93.